The molecular weight excluding hydrogens is 313 g/mol. The van der Waals surface area contributed by atoms with E-state index in [0.717, 1.165) is 10.4 Å². The van der Waals surface area contributed by atoms with Gasteiger partial charge in [0.25, 0.3) is 0 Å². The predicted molar refractivity (Wildman–Crippen MR) is 83.8 cm³/mol. The number of hydrogen-bond acceptors (Lipinski definition) is 4. The molecular formula is C14H13ClFN3OS. The second-order valence-corrected chi connectivity index (χ2v) is 6.38. The molecule has 0 aliphatic rings. The van der Waals surface area contributed by atoms with E-state index in [1.807, 2.05) is 23.6 Å². The van der Waals surface area contributed by atoms with Crippen LogP contribution in [-0.2, 0) is 0 Å². The molecule has 0 bridgehead atoms. The highest BCUT2D eigenvalue weighted by molar-refractivity contribution is 7.16. The molecule has 0 spiro atoms. The molecule has 0 fully saturated rings. The molecule has 0 saturated carbocycles. The molecule has 2 N–H and O–H groups in total. The normalized spacial score (nSPS) is 12.8. The van der Waals surface area contributed by atoms with Gasteiger partial charge in [-0.05, 0) is 19.1 Å². The van der Waals surface area contributed by atoms with Gasteiger partial charge in [-0.2, -0.15) is 0 Å². The molecule has 3 rings (SSSR count). The van der Waals surface area contributed by atoms with Gasteiger partial charge in [-0.15, -0.1) is 11.3 Å². The first kappa shape index (κ1) is 14.2. The molecule has 3 aromatic rings. The number of halogens is 2. The average molecular weight is 326 g/mol. The Morgan fingerprint density at radius 3 is 2.81 bits per heavy atom. The van der Waals surface area contributed by atoms with Crippen LogP contribution in [0.25, 0.3) is 11.0 Å². The molecule has 0 amide bonds. The van der Waals surface area contributed by atoms with Gasteiger partial charge in [-0.1, -0.05) is 11.6 Å². The van der Waals surface area contributed by atoms with E-state index < -0.39 is 5.82 Å². The standard InChI is InChI=1S/C14H13ClFN3OS/c1-7(12-3-4-13(15)21-12)19-10-6-11(20-2)8(16)5-9(10)18-14(19)17/h3-7H,1-2H3,(H2,17,18). The smallest absolute Gasteiger partial charge is 0.201 e. The predicted octanol–water partition coefficient (Wildman–Crippen LogP) is 4.09. The largest absolute Gasteiger partial charge is 0.494 e. The summed E-state index contributed by atoms with van der Waals surface area (Å²) in [5, 5.41) is 0. The molecule has 1 aromatic carbocycles. The van der Waals surface area contributed by atoms with Crippen LogP contribution in [0.3, 0.4) is 0 Å². The summed E-state index contributed by atoms with van der Waals surface area (Å²) in [6.07, 6.45) is 0. The zero-order valence-electron chi connectivity index (χ0n) is 11.4. The van der Waals surface area contributed by atoms with Crippen LogP contribution in [0.5, 0.6) is 5.75 Å². The molecule has 2 aromatic heterocycles. The van der Waals surface area contributed by atoms with E-state index in [1.54, 1.807) is 6.07 Å². The van der Waals surface area contributed by atoms with Gasteiger partial charge in [0.05, 0.1) is 28.5 Å². The van der Waals surface area contributed by atoms with E-state index in [0.29, 0.717) is 15.8 Å². The number of hydrogen-bond donors (Lipinski definition) is 1. The van der Waals surface area contributed by atoms with Crippen molar-refractivity contribution in [2.45, 2.75) is 13.0 Å². The molecule has 1 unspecified atom stereocenters. The van der Waals surface area contributed by atoms with Crippen LogP contribution in [0.15, 0.2) is 24.3 Å². The Labute approximate surface area is 129 Å². The maximum atomic E-state index is 13.8. The van der Waals surface area contributed by atoms with Gasteiger partial charge < -0.3 is 15.0 Å². The van der Waals surface area contributed by atoms with Crippen LogP contribution >= 0.6 is 22.9 Å². The van der Waals surface area contributed by atoms with Crippen molar-refractivity contribution in [1.29, 1.82) is 0 Å². The molecule has 0 aliphatic carbocycles. The number of benzene rings is 1. The molecule has 2 heterocycles. The summed E-state index contributed by atoms with van der Waals surface area (Å²) in [7, 11) is 1.43. The van der Waals surface area contributed by atoms with Gasteiger partial charge in [0.15, 0.2) is 11.6 Å². The van der Waals surface area contributed by atoms with Crippen LogP contribution in [0, 0.1) is 5.82 Å². The number of aromatic nitrogens is 2. The number of imidazole rings is 1. The number of anilines is 1. The molecule has 110 valence electrons. The summed E-state index contributed by atoms with van der Waals surface area (Å²) in [5.74, 6) is 0.0382. The van der Waals surface area contributed by atoms with Crippen LogP contribution < -0.4 is 10.5 Å². The minimum absolute atomic E-state index is 0.0531. The molecule has 7 heteroatoms. The highest BCUT2D eigenvalue weighted by atomic mass is 35.5. The van der Waals surface area contributed by atoms with Crippen molar-refractivity contribution in [2.24, 2.45) is 0 Å². The summed E-state index contributed by atoms with van der Waals surface area (Å²) in [6.45, 7) is 2.00. The van der Waals surface area contributed by atoms with Gasteiger partial charge in [0.2, 0.25) is 5.95 Å². The van der Waals surface area contributed by atoms with Crippen LogP contribution in [0.1, 0.15) is 17.8 Å². The Balaban J connectivity index is 2.19. The Morgan fingerprint density at radius 1 is 1.43 bits per heavy atom. The van der Waals surface area contributed by atoms with Crippen molar-refractivity contribution in [3.63, 3.8) is 0 Å². The fourth-order valence-electron chi connectivity index (χ4n) is 2.36. The van der Waals surface area contributed by atoms with Crippen molar-refractivity contribution >= 4 is 39.9 Å². The van der Waals surface area contributed by atoms with E-state index in [1.165, 1.54) is 24.5 Å². The Bertz CT molecular complexity index is 814. The second kappa shape index (κ2) is 5.20. The lowest BCUT2D eigenvalue weighted by atomic mass is 10.2. The van der Waals surface area contributed by atoms with Crippen LogP contribution in [0.2, 0.25) is 4.34 Å². The minimum atomic E-state index is -0.457. The zero-order chi connectivity index (χ0) is 15.1. The third-order valence-electron chi connectivity index (χ3n) is 3.38. The van der Waals surface area contributed by atoms with Crippen LogP contribution in [-0.4, -0.2) is 16.7 Å². The van der Waals surface area contributed by atoms with Gasteiger partial charge in [-0.25, -0.2) is 9.37 Å². The van der Waals surface area contributed by atoms with Gasteiger partial charge in [0.1, 0.15) is 0 Å². The lowest BCUT2D eigenvalue weighted by Crippen LogP contribution is -2.09. The first-order valence-corrected chi connectivity index (χ1v) is 7.47. The highest BCUT2D eigenvalue weighted by Gasteiger charge is 2.19. The Kier molecular flexibility index (Phi) is 3.51. The fourth-order valence-corrected chi connectivity index (χ4v) is 3.46. The van der Waals surface area contributed by atoms with Crippen molar-refractivity contribution < 1.29 is 9.13 Å². The summed E-state index contributed by atoms with van der Waals surface area (Å²) < 4.78 is 21.3. The molecule has 4 nitrogen and oxygen atoms in total. The molecule has 0 saturated heterocycles. The molecule has 21 heavy (non-hydrogen) atoms. The minimum Gasteiger partial charge on any atom is -0.494 e. The number of thiophene rings is 1. The van der Waals surface area contributed by atoms with Crippen molar-refractivity contribution in [1.82, 2.24) is 9.55 Å². The van der Waals surface area contributed by atoms with E-state index >= 15 is 0 Å². The van der Waals surface area contributed by atoms with E-state index in [9.17, 15) is 4.39 Å². The second-order valence-electron chi connectivity index (χ2n) is 4.63. The molecule has 0 radical (unpaired) electrons. The summed E-state index contributed by atoms with van der Waals surface area (Å²) in [6, 6.07) is 6.68. The van der Waals surface area contributed by atoms with Gasteiger partial charge in [-0.3, -0.25) is 0 Å². The van der Waals surface area contributed by atoms with Crippen molar-refractivity contribution in [3.05, 3.63) is 39.3 Å². The SMILES string of the molecule is COc1cc2c(cc1F)nc(N)n2C(C)c1ccc(Cl)s1. The zero-order valence-corrected chi connectivity index (χ0v) is 13.0. The fraction of sp³-hybridized carbons (Fsp3) is 0.214. The summed E-state index contributed by atoms with van der Waals surface area (Å²) in [4.78, 5) is 5.27. The first-order valence-electron chi connectivity index (χ1n) is 6.27. The Morgan fingerprint density at radius 2 is 2.19 bits per heavy atom. The average Bonchev–Trinajstić information content (AvgIpc) is 3.00. The number of methoxy groups -OCH3 is 1. The van der Waals surface area contributed by atoms with E-state index in [-0.39, 0.29) is 11.8 Å². The van der Waals surface area contributed by atoms with Crippen molar-refractivity contribution in [2.75, 3.05) is 12.8 Å². The lowest BCUT2D eigenvalue weighted by Gasteiger charge is -2.14. The number of nitrogens with zero attached hydrogens (tertiary/aromatic N) is 2. The number of rotatable bonds is 3. The number of nitrogen functional groups attached to an aromatic ring is 1. The molecule has 0 aliphatic heterocycles. The summed E-state index contributed by atoms with van der Waals surface area (Å²) >= 11 is 7.47. The number of fused-ring (bicyclic) bond motifs is 1. The van der Waals surface area contributed by atoms with Gasteiger partial charge >= 0.3 is 0 Å². The maximum absolute atomic E-state index is 13.8. The maximum Gasteiger partial charge on any atom is 0.201 e. The Hall–Kier alpha value is -1.79. The quantitative estimate of drug-likeness (QED) is 0.789. The van der Waals surface area contributed by atoms with E-state index in [4.69, 9.17) is 22.1 Å². The number of ether oxygens (including phenoxy) is 1. The summed E-state index contributed by atoms with van der Waals surface area (Å²) in [5.41, 5.74) is 7.23. The van der Waals surface area contributed by atoms with Gasteiger partial charge in [0, 0.05) is 17.0 Å². The van der Waals surface area contributed by atoms with E-state index in [2.05, 4.69) is 4.98 Å². The topological polar surface area (TPSA) is 53.1 Å². The van der Waals surface area contributed by atoms with Crippen molar-refractivity contribution in [3.8, 4) is 5.75 Å². The highest BCUT2D eigenvalue weighted by Crippen LogP contribution is 2.34. The first-order chi connectivity index (χ1) is 10.0. The third-order valence-corrected chi connectivity index (χ3v) is 4.78. The van der Waals surface area contributed by atoms with Crippen LogP contribution in [0.4, 0.5) is 10.3 Å². The lowest BCUT2D eigenvalue weighted by molar-refractivity contribution is 0.387. The molecule has 1 atom stereocenters. The third kappa shape index (κ3) is 2.34. The monoisotopic (exact) mass is 325 g/mol. The number of nitrogens with two attached hydrogens (primary N) is 1.